The summed E-state index contributed by atoms with van der Waals surface area (Å²) in [7, 11) is 0. The predicted molar refractivity (Wildman–Crippen MR) is 198 cm³/mol. The Morgan fingerprint density at radius 2 is 0.875 bits per heavy atom. The number of nitrogens with one attached hydrogen (secondary N) is 4. The Balaban J connectivity index is 0.000000224. The molecule has 0 aromatic heterocycles. The first kappa shape index (κ1) is 37.3. The van der Waals surface area contributed by atoms with Gasteiger partial charge in [-0.05, 0) is 73.5 Å². The van der Waals surface area contributed by atoms with Gasteiger partial charge < -0.3 is 32.3 Å². The molecule has 2 aliphatic heterocycles. The van der Waals surface area contributed by atoms with Crippen molar-refractivity contribution < 1.29 is 10.2 Å². The van der Waals surface area contributed by atoms with E-state index in [-0.39, 0.29) is 25.5 Å². The Morgan fingerprint density at radius 3 is 1.19 bits per heavy atom. The van der Waals surface area contributed by atoms with Crippen molar-refractivity contribution in [3.63, 3.8) is 0 Å². The number of aliphatic hydroxyl groups excluding tert-OH is 2. The van der Waals surface area contributed by atoms with Gasteiger partial charge in [-0.15, -0.1) is 0 Å². The lowest BCUT2D eigenvalue weighted by Gasteiger charge is -2.20. The fraction of sp³-hybridized carbons (Fsp3) is 0.176. The number of hydrogen-bond donors (Lipinski definition) is 8. The van der Waals surface area contributed by atoms with Crippen molar-refractivity contribution in [3.8, 4) is 0 Å². The number of rotatable bonds is 4. The van der Waals surface area contributed by atoms with Crippen LogP contribution in [0.15, 0.2) is 129 Å². The number of anilines is 2. The van der Waals surface area contributed by atoms with E-state index in [9.17, 15) is 0 Å². The minimum absolute atomic E-state index is 0.250. The van der Waals surface area contributed by atoms with Gasteiger partial charge in [-0.1, -0.05) is 83.9 Å². The van der Waals surface area contributed by atoms with E-state index in [1.807, 2.05) is 84.9 Å². The highest BCUT2D eigenvalue weighted by Crippen LogP contribution is 2.22. The summed E-state index contributed by atoms with van der Waals surface area (Å²) < 4.78 is 0. The van der Waals surface area contributed by atoms with Gasteiger partial charge in [0.15, 0.2) is 24.3 Å². The van der Waals surface area contributed by atoms with Crippen LogP contribution in [0.3, 0.4) is 0 Å². The fourth-order valence-corrected chi connectivity index (χ4v) is 4.20. The third-order valence-corrected chi connectivity index (χ3v) is 6.43. The second-order valence-corrected chi connectivity index (χ2v) is 10.6. The summed E-state index contributed by atoms with van der Waals surface area (Å²) >= 11 is 11.7. The van der Waals surface area contributed by atoms with Crippen LogP contribution in [-0.2, 0) is 0 Å². The molecule has 0 saturated carbocycles. The molecule has 2 aliphatic rings. The maximum absolute atomic E-state index is 7.57. The molecule has 0 aliphatic carbocycles. The van der Waals surface area contributed by atoms with Crippen LogP contribution in [0.5, 0.6) is 0 Å². The molecule has 0 bridgehead atoms. The molecule has 14 heteroatoms. The minimum Gasteiger partial charge on any atom is -0.397 e. The molecule has 4 aromatic carbocycles. The molecular formula is C34H40Cl2N10O2. The smallest absolute Gasteiger partial charge is 0.205 e. The molecule has 2 atom stereocenters. The van der Waals surface area contributed by atoms with Crippen LogP contribution in [-0.4, -0.2) is 47.3 Å². The van der Waals surface area contributed by atoms with Crippen molar-refractivity contribution in [3.05, 3.63) is 130 Å². The largest absolute Gasteiger partial charge is 0.397 e. The quantitative estimate of drug-likeness (QED) is 0.139. The standard InChI is InChI=1S/2C15H14ClN5.2C2H6O/c2*16-11-6-8-12(9-7-11)18-15-20-13(19-14(17)21-15)10-4-2-1-3-5-10;2*1-2-3/h2*1-9,13H,(H4,17,18,19,20,21);2*3H,2H2,1H3/t2*13-;;/m10../s1. The van der Waals surface area contributed by atoms with Gasteiger partial charge in [0.1, 0.15) is 0 Å². The first-order valence-electron chi connectivity index (χ1n) is 15.0. The summed E-state index contributed by atoms with van der Waals surface area (Å²) in [5.41, 5.74) is 15.4. The molecule has 2 heterocycles. The Bertz CT molecular complexity index is 1530. The predicted octanol–water partition coefficient (Wildman–Crippen LogP) is 5.45. The first-order valence-corrected chi connectivity index (χ1v) is 15.7. The zero-order chi connectivity index (χ0) is 34.7. The highest BCUT2D eigenvalue weighted by Gasteiger charge is 2.17. The Hall–Kier alpha value is -5.14. The minimum atomic E-state index is -0.345. The molecule has 4 aromatic rings. The van der Waals surface area contributed by atoms with Crippen molar-refractivity contribution in [2.45, 2.75) is 26.2 Å². The number of aliphatic hydroxyl groups is 2. The topological polar surface area (TPSA) is 190 Å². The third kappa shape index (κ3) is 12.9. The fourth-order valence-electron chi connectivity index (χ4n) is 3.95. The van der Waals surface area contributed by atoms with Crippen molar-refractivity contribution in [2.24, 2.45) is 31.4 Å². The van der Waals surface area contributed by atoms with Crippen molar-refractivity contribution >= 4 is 58.4 Å². The lowest BCUT2D eigenvalue weighted by molar-refractivity contribution is 0.318. The van der Waals surface area contributed by atoms with Gasteiger partial charge in [-0.3, -0.25) is 10.6 Å². The number of hydrogen-bond acceptors (Lipinski definition) is 12. The van der Waals surface area contributed by atoms with Crippen LogP contribution in [0.2, 0.25) is 10.0 Å². The van der Waals surface area contributed by atoms with E-state index in [1.54, 1.807) is 38.1 Å². The average Bonchev–Trinajstić information content (AvgIpc) is 3.08. The second-order valence-electron chi connectivity index (χ2n) is 9.70. The summed E-state index contributed by atoms with van der Waals surface area (Å²) in [6.07, 6.45) is -0.690. The maximum Gasteiger partial charge on any atom is 0.205 e. The van der Waals surface area contributed by atoms with Crippen molar-refractivity contribution in [1.29, 1.82) is 0 Å². The highest BCUT2D eigenvalue weighted by molar-refractivity contribution is 6.31. The number of nitrogens with zero attached hydrogens (tertiary/aromatic N) is 4. The van der Waals surface area contributed by atoms with E-state index < -0.39 is 0 Å². The molecule has 12 nitrogen and oxygen atoms in total. The lowest BCUT2D eigenvalue weighted by atomic mass is 10.2. The van der Waals surface area contributed by atoms with Crippen LogP contribution in [0, 0.1) is 0 Å². The summed E-state index contributed by atoms with van der Waals surface area (Å²) in [5.74, 6) is 1.77. The number of aliphatic imine (C=N–C) groups is 4. The number of halogens is 2. The van der Waals surface area contributed by atoms with Crippen LogP contribution in [0.4, 0.5) is 11.4 Å². The summed E-state index contributed by atoms with van der Waals surface area (Å²) in [4.78, 5) is 17.6. The second kappa shape index (κ2) is 20.2. The van der Waals surface area contributed by atoms with E-state index in [2.05, 4.69) is 41.2 Å². The molecule has 0 radical (unpaired) electrons. The molecule has 0 spiro atoms. The maximum atomic E-state index is 7.57. The zero-order valence-electron chi connectivity index (χ0n) is 26.6. The van der Waals surface area contributed by atoms with E-state index in [1.165, 1.54) is 0 Å². The van der Waals surface area contributed by atoms with E-state index in [0.29, 0.717) is 33.9 Å². The lowest BCUT2D eigenvalue weighted by Crippen LogP contribution is -2.43. The summed E-state index contributed by atoms with van der Waals surface area (Å²) in [6, 6.07) is 34.3. The molecule has 6 rings (SSSR count). The normalized spacial score (nSPS) is 16.0. The molecule has 10 N–H and O–H groups in total. The number of nitrogens with two attached hydrogens (primary N) is 2. The van der Waals surface area contributed by atoms with Crippen LogP contribution in [0.1, 0.15) is 37.3 Å². The highest BCUT2D eigenvalue weighted by atomic mass is 35.5. The zero-order valence-corrected chi connectivity index (χ0v) is 28.1. The summed E-state index contributed by atoms with van der Waals surface area (Å²) in [6.45, 7) is 3.86. The van der Waals surface area contributed by atoms with E-state index in [0.717, 1.165) is 22.5 Å². The number of benzene rings is 4. The average molecular weight is 692 g/mol. The van der Waals surface area contributed by atoms with Crippen molar-refractivity contribution in [2.75, 3.05) is 23.8 Å². The molecular weight excluding hydrogens is 651 g/mol. The Labute approximate surface area is 290 Å². The molecule has 0 fully saturated rings. The van der Waals surface area contributed by atoms with Crippen LogP contribution in [0.25, 0.3) is 0 Å². The molecule has 48 heavy (non-hydrogen) atoms. The van der Waals surface area contributed by atoms with E-state index in [4.69, 9.17) is 44.9 Å². The molecule has 0 saturated heterocycles. The van der Waals surface area contributed by atoms with E-state index >= 15 is 0 Å². The Kier molecular flexibility index (Phi) is 15.7. The van der Waals surface area contributed by atoms with Crippen molar-refractivity contribution in [1.82, 2.24) is 10.6 Å². The van der Waals surface area contributed by atoms with Gasteiger partial charge in [-0.25, -0.2) is 20.0 Å². The first-order chi connectivity index (χ1) is 23.2. The van der Waals surface area contributed by atoms with Crippen LogP contribution >= 0.6 is 23.2 Å². The molecule has 0 amide bonds. The molecule has 0 unspecified atom stereocenters. The molecule has 252 valence electrons. The van der Waals surface area contributed by atoms with Gasteiger partial charge >= 0.3 is 0 Å². The monoisotopic (exact) mass is 690 g/mol. The van der Waals surface area contributed by atoms with Crippen LogP contribution < -0.4 is 32.7 Å². The Morgan fingerprint density at radius 1 is 0.562 bits per heavy atom. The van der Waals surface area contributed by atoms with Gasteiger partial charge in [0.25, 0.3) is 0 Å². The number of guanidine groups is 4. The third-order valence-electron chi connectivity index (χ3n) is 5.93. The SMILES string of the molecule is CCO.CCO.NC1=N[C@@H](c2ccccc2)N=C(Nc2ccc(Cl)cc2)N1.NC1=N[C@H](c2ccccc2)N=C(Nc2ccc(Cl)cc2)N1. The summed E-state index contributed by atoms with van der Waals surface area (Å²) in [5, 5.41) is 28.6. The van der Waals surface area contributed by atoms with Gasteiger partial charge in [0.2, 0.25) is 11.9 Å². The van der Waals surface area contributed by atoms with Gasteiger partial charge in [-0.2, -0.15) is 0 Å². The van der Waals surface area contributed by atoms with Gasteiger partial charge in [0, 0.05) is 34.6 Å². The van der Waals surface area contributed by atoms with Gasteiger partial charge in [0.05, 0.1) is 0 Å².